The number of halogens is 1. The number of hydrogen-bond acceptors (Lipinski definition) is 8. The highest BCUT2D eigenvalue weighted by atomic mass is 35.5. The Bertz CT molecular complexity index is 1090. The second kappa shape index (κ2) is 11.2. The van der Waals surface area contributed by atoms with E-state index in [-0.39, 0.29) is 30.2 Å². The fourth-order valence-corrected chi connectivity index (χ4v) is 3.10. The number of ether oxygens (including phenoxy) is 1. The van der Waals surface area contributed by atoms with Crippen LogP contribution in [0.5, 0.6) is 0 Å². The summed E-state index contributed by atoms with van der Waals surface area (Å²) < 4.78 is 5.40. The molecule has 1 amide bonds. The second-order valence-corrected chi connectivity index (χ2v) is 8.13. The van der Waals surface area contributed by atoms with Crippen LogP contribution in [-0.4, -0.2) is 32.9 Å². The molecule has 0 aliphatic carbocycles. The average Bonchev–Trinajstić information content (AvgIpc) is 2.77. The van der Waals surface area contributed by atoms with Gasteiger partial charge in [-0.25, -0.2) is 4.79 Å². The van der Waals surface area contributed by atoms with Gasteiger partial charge in [0, 0.05) is 16.3 Å². The predicted octanol–water partition coefficient (Wildman–Crippen LogP) is 3.74. The molecule has 0 saturated heterocycles. The van der Waals surface area contributed by atoms with Gasteiger partial charge in [-0.1, -0.05) is 43.6 Å². The third kappa shape index (κ3) is 7.43. The highest BCUT2D eigenvalue weighted by Crippen LogP contribution is 2.14. The topological polar surface area (TPSA) is 132 Å². The largest absolute Gasteiger partial charge is 0.456 e. The Kier molecular flexibility index (Phi) is 8.15. The molecule has 2 aromatic carbocycles. The number of rotatable bonds is 9. The summed E-state index contributed by atoms with van der Waals surface area (Å²) in [4.78, 5) is 37.6. The van der Waals surface area contributed by atoms with Crippen LogP contribution in [0.25, 0.3) is 0 Å². The van der Waals surface area contributed by atoms with Gasteiger partial charge >= 0.3 is 5.97 Å². The highest BCUT2D eigenvalue weighted by molar-refractivity contribution is 6.30. The Morgan fingerprint density at radius 3 is 2.39 bits per heavy atom. The molecular weight excluding hydrogens is 444 g/mol. The second-order valence-electron chi connectivity index (χ2n) is 7.69. The van der Waals surface area contributed by atoms with E-state index in [2.05, 4.69) is 25.6 Å². The number of anilines is 3. The summed E-state index contributed by atoms with van der Waals surface area (Å²) in [5.41, 5.74) is 6.94. The minimum atomic E-state index is -0.839. The summed E-state index contributed by atoms with van der Waals surface area (Å²) >= 11 is 5.87. The zero-order chi connectivity index (χ0) is 23.8. The van der Waals surface area contributed by atoms with Gasteiger partial charge < -0.3 is 21.1 Å². The lowest BCUT2D eigenvalue weighted by atomic mass is 10.0. The van der Waals surface area contributed by atoms with Crippen LogP contribution in [0.4, 0.5) is 17.6 Å². The minimum Gasteiger partial charge on any atom is -0.456 e. The van der Waals surface area contributed by atoms with Gasteiger partial charge in [0.1, 0.15) is 6.04 Å². The molecule has 1 heterocycles. The molecule has 0 saturated carbocycles. The van der Waals surface area contributed by atoms with Crippen molar-refractivity contribution in [2.45, 2.75) is 32.9 Å². The zero-order valence-corrected chi connectivity index (χ0v) is 19.0. The summed E-state index contributed by atoms with van der Waals surface area (Å²) in [5, 5.41) is 6.27. The molecule has 0 spiro atoms. The summed E-state index contributed by atoms with van der Waals surface area (Å²) in [6, 6.07) is 14.9. The first-order chi connectivity index (χ1) is 15.8. The Morgan fingerprint density at radius 1 is 1.03 bits per heavy atom. The fourth-order valence-electron chi connectivity index (χ4n) is 2.97. The van der Waals surface area contributed by atoms with Crippen molar-refractivity contribution in [3.05, 3.63) is 71.0 Å². The molecule has 9 nitrogen and oxygen atoms in total. The molecule has 10 heteroatoms. The number of nitrogens with two attached hydrogens (primary N) is 1. The molecule has 0 bridgehead atoms. The number of nitrogens with zero attached hydrogens (tertiary/aromatic N) is 3. The number of hydrogen-bond donors (Lipinski definition) is 3. The first kappa shape index (κ1) is 23.9. The molecule has 172 valence electrons. The zero-order valence-electron chi connectivity index (χ0n) is 18.3. The summed E-state index contributed by atoms with van der Waals surface area (Å²) in [7, 11) is 0. The van der Waals surface area contributed by atoms with Gasteiger partial charge in [-0.05, 0) is 48.7 Å². The fraction of sp³-hybridized carbons (Fsp3) is 0.261. The SMILES string of the molecule is CC(C)CC(NC(=O)c1ccc(Cl)cc1)C(=O)OCc1nc(N)nc(Nc2ccccc2)n1. The van der Waals surface area contributed by atoms with Gasteiger partial charge in [-0.15, -0.1) is 0 Å². The van der Waals surface area contributed by atoms with Gasteiger partial charge in [0.25, 0.3) is 5.91 Å². The summed E-state index contributed by atoms with van der Waals surface area (Å²) in [6.45, 7) is 3.67. The molecule has 0 radical (unpaired) electrons. The number of amides is 1. The number of carbonyl (C=O) groups is 2. The van der Waals surface area contributed by atoms with Crippen LogP contribution in [0.1, 0.15) is 36.5 Å². The van der Waals surface area contributed by atoms with E-state index < -0.39 is 17.9 Å². The minimum absolute atomic E-state index is 0.00995. The van der Waals surface area contributed by atoms with Crippen molar-refractivity contribution in [3.63, 3.8) is 0 Å². The standard InChI is InChI=1S/C23H25ClN6O3/c1-14(2)12-18(27-20(31)15-8-10-16(24)11-9-15)21(32)33-13-19-28-22(25)30-23(29-19)26-17-6-4-3-5-7-17/h3-11,14,18H,12-13H2,1-2H3,(H,27,31)(H3,25,26,28,29,30). The Balaban J connectivity index is 1.65. The molecule has 33 heavy (non-hydrogen) atoms. The molecule has 1 unspecified atom stereocenters. The average molecular weight is 469 g/mol. The highest BCUT2D eigenvalue weighted by Gasteiger charge is 2.24. The lowest BCUT2D eigenvalue weighted by molar-refractivity contribution is -0.148. The van der Waals surface area contributed by atoms with Gasteiger partial charge in [0.15, 0.2) is 12.4 Å². The van der Waals surface area contributed by atoms with Gasteiger partial charge in [-0.2, -0.15) is 15.0 Å². The molecule has 0 aliphatic rings. The van der Waals surface area contributed by atoms with E-state index in [0.717, 1.165) is 5.69 Å². The molecule has 0 aliphatic heterocycles. The molecule has 4 N–H and O–H groups in total. The van der Waals surface area contributed by atoms with E-state index in [1.54, 1.807) is 24.3 Å². The van der Waals surface area contributed by atoms with Gasteiger partial charge in [0.05, 0.1) is 0 Å². The van der Waals surface area contributed by atoms with Crippen LogP contribution in [-0.2, 0) is 16.1 Å². The third-order valence-corrected chi connectivity index (χ3v) is 4.73. The Morgan fingerprint density at radius 2 is 1.73 bits per heavy atom. The van der Waals surface area contributed by atoms with Crippen LogP contribution in [0, 0.1) is 5.92 Å². The molecular formula is C23H25ClN6O3. The van der Waals surface area contributed by atoms with E-state index in [0.29, 0.717) is 17.0 Å². The molecule has 0 fully saturated rings. The van der Waals surface area contributed by atoms with Crippen molar-refractivity contribution in [3.8, 4) is 0 Å². The van der Waals surface area contributed by atoms with Crippen molar-refractivity contribution in [1.82, 2.24) is 20.3 Å². The van der Waals surface area contributed by atoms with Crippen LogP contribution >= 0.6 is 11.6 Å². The normalized spacial score (nSPS) is 11.6. The van der Waals surface area contributed by atoms with Crippen molar-refractivity contribution in [2.75, 3.05) is 11.1 Å². The van der Waals surface area contributed by atoms with Gasteiger partial charge in [-0.3, -0.25) is 4.79 Å². The van der Waals surface area contributed by atoms with Crippen molar-refractivity contribution >= 4 is 41.1 Å². The number of nitrogens with one attached hydrogen (secondary N) is 2. The maximum atomic E-state index is 12.8. The van der Waals surface area contributed by atoms with Crippen LogP contribution in [0.2, 0.25) is 5.02 Å². The molecule has 3 aromatic rings. The number of esters is 1. The van der Waals surface area contributed by atoms with Crippen molar-refractivity contribution < 1.29 is 14.3 Å². The number of carbonyl (C=O) groups excluding carboxylic acids is 2. The third-order valence-electron chi connectivity index (χ3n) is 4.48. The smallest absolute Gasteiger partial charge is 0.329 e. The van der Waals surface area contributed by atoms with Crippen LogP contribution in [0.3, 0.4) is 0 Å². The van der Waals surface area contributed by atoms with E-state index >= 15 is 0 Å². The predicted molar refractivity (Wildman–Crippen MR) is 126 cm³/mol. The maximum absolute atomic E-state index is 12.8. The van der Waals surface area contributed by atoms with Crippen molar-refractivity contribution in [2.24, 2.45) is 5.92 Å². The lowest BCUT2D eigenvalue weighted by Crippen LogP contribution is -2.42. The summed E-state index contributed by atoms with van der Waals surface area (Å²) in [6.07, 6.45) is 0.401. The maximum Gasteiger partial charge on any atom is 0.329 e. The monoisotopic (exact) mass is 468 g/mol. The van der Waals surface area contributed by atoms with E-state index in [4.69, 9.17) is 22.1 Å². The van der Waals surface area contributed by atoms with E-state index in [9.17, 15) is 9.59 Å². The molecule has 1 atom stereocenters. The van der Waals surface area contributed by atoms with Crippen LogP contribution < -0.4 is 16.4 Å². The van der Waals surface area contributed by atoms with E-state index in [1.807, 2.05) is 44.2 Å². The first-order valence-corrected chi connectivity index (χ1v) is 10.7. The van der Waals surface area contributed by atoms with Crippen molar-refractivity contribution in [1.29, 1.82) is 0 Å². The molecule has 3 rings (SSSR count). The number of nitrogen functional groups attached to an aromatic ring is 1. The number of benzene rings is 2. The molecule has 1 aromatic heterocycles. The number of aromatic nitrogens is 3. The Labute approximate surface area is 196 Å². The first-order valence-electron chi connectivity index (χ1n) is 10.4. The van der Waals surface area contributed by atoms with Crippen LogP contribution in [0.15, 0.2) is 54.6 Å². The van der Waals surface area contributed by atoms with Gasteiger partial charge in [0.2, 0.25) is 11.9 Å². The van der Waals surface area contributed by atoms with E-state index in [1.165, 1.54) is 0 Å². The number of para-hydroxylation sites is 1. The quantitative estimate of drug-likeness (QED) is 0.404. The lowest BCUT2D eigenvalue weighted by Gasteiger charge is -2.19. The summed E-state index contributed by atoms with van der Waals surface area (Å²) in [5.74, 6) is -0.446. The Hall–Kier alpha value is -3.72.